The van der Waals surface area contributed by atoms with Gasteiger partial charge in [-0.05, 0) is 13.8 Å². The molecular weight excluding hydrogens is 328 g/mol. The van der Waals surface area contributed by atoms with Crippen molar-refractivity contribution >= 4 is 17.8 Å². The van der Waals surface area contributed by atoms with Gasteiger partial charge in [0.15, 0.2) is 5.54 Å². The van der Waals surface area contributed by atoms with Crippen LogP contribution in [0.25, 0.3) is 0 Å². The number of ether oxygens (including phenoxy) is 1. The van der Waals surface area contributed by atoms with E-state index in [0.29, 0.717) is 12.2 Å². The van der Waals surface area contributed by atoms with Crippen molar-refractivity contribution < 1.29 is 24.2 Å². The standard InChI is InChI=1S/C16H22N4O5/c1-4-19-8-17-6-9(19)12-10-11(14(23)20(5-2)13(10)22)16(7-21,18-12)15(24)25-3/h6,8,10-12,18,21H,4-5,7H2,1-3H3/t10-,11-,12-,16-/m0/s1. The Kier molecular flexibility index (Phi) is 4.38. The number of aliphatic hydroxyl groups excluding tert-OH is 1. The summed E-state index contributed by atoms with van der Waals surface area (Å²) in [5, 5.41) is 13.0. The predicted octanol–water partition coefficient (Wildman–Crippen LogP) is -0.927. The first-order valence-electron chi connectivity index (χ1n) is 8.29. The largest absolute Gasteiger partial charge is 0.468 e. The van der Waals surface area contributed by atoms with E-state index in [1.807, 2.05) is 11.5 Å². The Labute approximate surface area is 145 Å². The minimum atomic E-state index is -1.65. The Morgan fingerprint density at radius 1 is 1.36 bits per heavy atom. The average Bonchev–Trinajstić information content (AvgIpc) is 3.28. The van der Waals surface area contributed by atoms with Gasteiger partial charge in [0, 0.05) is 19.3 Å². The second-order valence-corrected chi connectivity index (χ2v) is 6.27. The Hall–Kier alpha value is -2.26. The van der Waals surface area contributed by atoms with E-state index in [0.717, 1.165) is 4.90 Å². The van der Waals surface area contributed by atoms with Crippen LogP contribution >= 0.6 is 0 Å². The van der Waals surface area contributed by atoms with Gasteiger partial charge >= 0.3 is 5.97 Å². The van der Waals surface area contributed by atoms with E-state index >= 15 is 0 Å². The molecule has 0 radical (unpaired) electrons. The van der Waals surface area contributed by atoms with E-state index in [9.17, 15) is 19.5 Å². The number of nitrogens with one attached hydrogen (secondary N) is 1. The molecule has 4 atom stereocenters. The van der Waals surface area contributed by atoms with Gasteiger partial charge in [0.2, 0.25) is 11.8 Å². The fraction of sp³-hybridized carbons (Fsp3) is 0.625. The average molecular weight is 350 g/mol. The number of fused-ring (bicyclic) bond motifs is 1. The first-order chi connectivity index (χ1) is 12.0. The lowest BCUT2D eigenvalue weighted by atomic mass is 9.80. The van der Waals surface area contributed by atoms with E-state index in [1.165, 1.54) is 7.11 Å². The normalized spacial score (nSPS) is 31.5. The highest BCUT2D eigenvalue weighted by Crippen LogP contribution is 2.48. The summed E-state index contributed by atoms with van der Waals surface area (Å²) in [6, 6.07) is -0.619. The number of hydrogen-bond acceptors (Lipinski definition) is 7. The number of aromatic nitrogens is 2. The van der Waals surface area contributed by atoms with Crippen LogP contribution in [-0.2, 0) is 25.7 Å². The summed E-state index contributed by atoms with van der Waals surface area (Å²) in [6.45, 7) is 3.82. The number of rotatable bonds is 5. The van der Waals surface area contributed by atoms with Crippen LogP contribution in [0.4, 0.5) is 0 Å². The Morgan fingerprint density at radius 2 is 2.08 bits per heavy atom. The number of amides is 2. The number of imide groups is 1. The van der Waals surface area contributed by atoms with Gasteiger partial charge in [0.25, 0.3) is 0 Å². The van der Waals surface area contributed by atoms with Gasteiger partial charge < -0.3 is 14.4 Å². The molecule has 3 rings (SSSR count). The molecule has 3 heterocycles. The summed E-state index contributed by atoms with van der Waals surface area (Å²) in [5.74, 6) is -3.37. The highest BCUT2D eigenvalue weighted by Gasteiger charge is 2.68. The maximum Gasteiger partial charge on any atom is 0.329 e. The van der Waals surface area contributed by atoms with Crippen LogP contribution in [0.15, 0.2) is 12.5 Å². The molecule has 2 amide bonds. The molecule has 2 aliphatic rings. The maximum absolute atomic E-state index is 12.8. The van der Waals surface area contributed by atoms with Gasteiger partial charge in [-0.15, -0.1) is 0 Å². The molecule has 0 spiro atoms. The number of carbonyl (C=O) groups is 3. The number of aryl methyl sites for hydroxylation is 1. The Morgan fingerprint density at radius 3 is 2.64 bits per heavy atom. The van der Waals surface area contributed by atoms with Gasteiger partial charge in [-0.1, -0.05) is 0 Å². The number of carbonyl (C=O) groups excluding carboxylic acids is 3. The topological polar surface area (TPSA) is 114 Å². The molecule has 0 aliphatic carbocycles. The number of esters is 1. The molecule has 0 unspecified atom stereocenters. The highest BCUT2D eigenvalue weighted by molar-refractivity contribution is 6.09. The fourth-order valence-electron chi connectivity index (χ4n) is 4.06. The summed E-state index contributed by atoms with van der Waals surface area (Å²) in [5.41, 5.74) is -0.959. The number of aliphatic hydroxyl groups is 1. The number of likely N-dealkylation sites (tertiary alicyclic amines) is 1. The summed E-state index contributed by atoms with van der Waals surface area (Å²) in [6.07, 6.45) is 3.23. The monoisotopic (exact) mass is 350 g/mol. The Balaban J connectivity index is 2.15. The third kappa shape index (κ3) is 2.22. The molecule has 2 N–H and O–H groups in total. The van der Waals surface area contributed by atoms with Crippen molar-refractivity contribution in [1.82, 2.24) is 19.8 Å². The van der Waals surface area contributed by atoms with Crippen molar-refractivity contribution in [1.29, 1.82) is 0 Å². The molecule has 9 nitrogen and oxygen atoms in total. The smallest absolute Gasteiger partial charge is 0.329 e. The summed E-state index contributed by atoms with van der Waals surface area (Å²) < 4.78 is 6.68. The van der Waals surface area contributed by atoms with Crippen LogP contribution in [0.1, 0.15) is 25.6 Å². The lowest BCUT2D eigenvalue weighted by Gasteiger charge is -2.30. The molecule has 0 bridgehead atoms. The molecular formula is C16H22N4O5. The van der Waals surface area contributed by atoms with Gasteiger partial charge in [0.05, 0.1) is 43.6 Å². The second-order valence-electron chi connectivity index (χ2n) is 6.27. The zero-order valence-corrected chi connectivity index (χ0v) is 14.4. The van der Waals surface area contributed by atoms with Crippen molar-refractivity contribution in [3.8, 4) is 0 Å². The van der Waals surface area contributed by atoms with Gasteiger partial charge in [-0.25, -0.2) is 9.78 Å². The SMILES string of the molecule is CCN1C(=O)[C@H]2[C@@H](C1=O)[C@@](CO)(C(=O)OC)N[C@H]2c1cncn1CC. The van der Waals surface area contributed by atoms with Crippen molar-refractivity contribution in [3.05, 3.63) is 18.2 Å². The zero-order valence-electron chi connectivity index (χ0n) is 14.4. The van der Waals surface area contributed by atoms with Crippen LogP contribution in [0, 0.1) is 11.8 Å². The zero-order chi connectivity index (χ0) is 18.4. The van der Waals surface area contributed by atoms with Gasteiger partial charge in [-0.3, -0.25) is 19.8 Å². The molecule has 25 heavy (non-hydrogen) atoms. The van der Waals surface area contributed by atoms with E-state index in [1.54, 1.807) is 19.4 Å². The van der Waals surface area contributed by atoms with Crippen LogP contribution in [0.2, 0.25) is 0 Å². The number of imidazole rings is 1. The second kappa shape index (κ2) is 6.23. The third-order valence-corrected chi connectivity index (χ3v) is 5.26. The minimum Gasteiger partial charge on any atom is -0.468 e. The third-order valence-electron chi connectivity index (χ3n) is 5.26. The quantitative estimate of drug-likeness (QED) is 0.521. The molecule has 9 heteroatoms. The molecule has 2 fully saturated rings. The minimum absolute atomic E-state index is 0.215. The number of methoxy groups -OCH3 is 1. The van der Waals surface area contributed by atoms with Crippen molar-refractivity contribution in [2.75, 3.05) is 20.3 Å². The molecule has 1 aromatic rings. The number of nitrogens with zero attached hydrogens (tertiary/aromatic N) is 3. The van der Waals surface area contributed by atoms with Crippen LogP contribution < -0.4 is 5.32 Å². The van der Waals surface area contributed by atoms with Gasteiger partial charge in [-0.2, -0.15) is 0 Å². The van der Waals surface area contributed by atoms with Crippen LogP contribution in [-0.4, -0.2) is 63.1 Å². The fourth-order valence-corrected chi connectivity index (χ4v) is 4.06. The lowest BCUT2D eigenvalue weighted by molar-refractivity contribution is -0.156. The van der Waals surface area contributed by atoms with E-state index < -0.39 is 41.9 Å². The van der Waals surface area contributed by atoms with Crippen molar-refractivity contribution in [2.24, 2.45) is 11.8 Å². The summed E-state index contributed by atoms with van der Waals surface area (Å²) >= 11 is 0. The van der Waals surface area contributed by atoms with E-state index in [4.69, 9.17) is 4.74 Å². The maximum atomic E-state index is 12.8. The first kappa shape index (κ1) is 17.6. The van der Waals surface area contributed by atoms with Crippen molar-refractivity contribution in [3.63, 3.8) is 0 Å². The first-order valence-corrected chi connectivity index (χ1v) is 8.29. The molecule has 1 aromatic heterocycles. The molecule has 0 saturated carbocycles. The lowest BCUT2D eigenvalue weighted by Crippen LogP contribution is -2.58. The summed E-state index contributed by atoms with van der Waals surface area (Å²) in [7, 11) is 1.19. The van der Waals surface area contributed by atoms with Gasteiger partial charge in [0.1, 0.15) is 0 Å². The predicted molar refractivity (Wildman–Crippen MR) is 85.0 cm³/mol. The summed E-state index contributed by atoms with van der Waals surface area (Å²) in [4.78, 5) is 43.4. The number of hydrogen-bond donors (Lipinski definition) is 2. The van der Waals surface area contributed by atoms with E-state index in [-0.39, 0.29) is 12.5 Å². The molecule has 2 saturated heterocycles. The Bertz CT molecular complexity index is 717. The van der Waals surface area contributed by atoms with Crippen LogP contribution in [0.3, 0.4) is 0 Å². The highest BCUT2D eigenvalue weighted by atomic mass is 16.5. The van der Waals surface area contributed by atoms with E-state index in [2.05, 4.69) is 10.3 Å². The van der Waals surface area contributed by atoms with Crippen molar-refractivity contribution in [2.45, 2.75) is 32.0 Å². The molecule has 0 aromatic carbocycles. The molecule has 136 valence electrons. The van der Waals surface area contributed by atoms with Crippen LogP contribution in [0.5, 0.6) is 0 Å². The molecule has 2 aliphatic heterocycles.